The first kappa shape index (κ1) is 12.0. The zero-order valence-corrected chi connectivity index (χ0v) is 9.88. The Bertz CT molecular complexity index is 355. The summed E-state index contributed by atoms with van der Waals surface area (Å²) in [6.07, 6.45) is 0.780. The Labute approximate surface area is 97.1 Å². The minimum Gasteiger partial charge on any atom is -0.398 e. The van der Waals surface area contributed by atoms with Crippen molar-refractivity contribution in [1.29, 1.82) is 0 Å². The van der Waals surface area contributed by atoms with Crippen LogP contribution in [-0.2, 0) is 0 Å². The summed E-state index contributed by atoms with van der Waals surface area (Å²) in [5, 5.41) is 2.77. The van der Waals surface area contributed by atoms with Gasteiger partial charge < -0.3 is 16.8 Å². The first-order chi connectivity index (χ1) is 7.15. The Morgan fingerprint density at radius 2 is 2.20 bits per heavy atom. The van der Waals surface area contributed by atoms with E-state index in [2.05, 4.69) is 21.2 Å². The van der Waals surface area contributed by atoms with Crippen molar-refractivity contribution >= 4 is 27.5 Å². The SMILES string of the molecule is NCCCNC(=O)c1ccc(N)c(Br)c1. The van der Waals surface area contributed by atoms with E-state index >= 15 is 0 Å². The fourth-order valence-corrected chi connectivity index (χ4v) is 1.45. The maximum atomic E-state index is 11.6. The van der Waals surface area contributed by atoms with E-state index in [0.717, 1.165) is 10.9 Å². The lowest BCUT2D eigenvalue weighted by Crippen LogP contribution is -2.25. The predicted octanol–water partition coefficient (Wildman–Crippen LogP) is 1.11. The fourth-order valence-electron chi connectivity index (χ4n) is 1.07. The van der Waals surface area contributed by atoms with Gasteiger partial charge in [0.25, 0.3) is 5.91 Å². The smallest absolute Gasteiger partial charge is 0.251 e. The monoisotopic (exact) mass is 271 g/mol. The molecule has 15 heavy (non-hydrogen) atoms. The third-order valence-corrected chi connectivity index (χ3v) is 2.62. The molecule has 0 saturated heterocycles. The Morgan fingerprint density at radius 1 is 1.47 bits per heavy atom. The fraction of sp³-hybridized carbons (Fsp3) is 0.300. The van der Waals surface area contributed by atoms with Crippen molar-refractivity contribution in [3.05, 3.63) is 28.2 Å². The van der Waals surface area contributed by atoms with Gasteiger partial charge in [0, 0.05) is 22.3 Å². The van der Waals surface area contributed by atoms with Gasteiger partial charge in [-0.05, 0) is 47.1 Å². The largest absolute Gasteiger partial charge is 0.398 e. The highest BCUT2D eigenvalue weighted by molar-refractivity contribution is 9.10. The summed E-state index contributed by atoms with van der Waals surface area (Å²) in [5.74, 6) is -0.107. The molecule has 0 aliphatic heterocycles. The van der Waals surface area contributed by atoms with Crippen molar-refractivity contribution in [2.24, 2.45) is 5.73 Å². The molecule has 0 fully saturated rings. The molecule has 1 rings (SSSR count). The summed E-state index contributed by atoms with van der Waals surface area (Å²) >= 11 is 3.27. The van der Waals surface area contributed by atoms with Crippen LogP contribution in [0.15, 0.2) is 22.7 Å². The number of hydrogen-bond donors (Lipinski definition) is 3. The first-order valence-electron chi connectivity index (χ1n) is 4.68. The van der Waals surface area contributed by atoms with E-state index in [1.807, 2.05) is 0 Å². The zero-order valence-electron chi connectivity index (χ0n) is 8.29. The zero-order chi connectivity index (χ0) is 11.3. The Balaban J connectivity index is 2.62. The number of nitrogens with two attached hydrogens (primary N) is 2. The Hall–Kier alpha value is -1.07. The first-order valence-corrected chi connectivity index (χ1v) is 5.47. The van der Waals surface area contributed by atoms with E-state index in [0.29, 0.717) is 24.3 Å². The van der Waals surface area contributed by atoms with Crippen LogP contribution in [0.3, 0.4) is 0 Å². The van der Waals surface area contributed by atoms with Gasteiger partial charge in [-0.2, -0.15) is 0 Å². The molecule has 5 N–H and O–H groups in total. The Kier molecular flexibility index (Phi) is 4.58. The maximum absolute atomic E-state index is 11.6. The highest BCUT2D eigenvalue weighted by Crippen LogP contribution is 2.20. The molecule has 5 heteroatoms. The van der Waals surface area contributed by atoms with E-state index in [-0.39, 0.29) is 5.91 Å². The second-order valence-electron chi connectivity index (χ2n) is 3.13. The van der Waals surface area contributed by atoms with E-state index in [4.69, 9.17) is 11.5 Å². The summed E-state index contributed by atoms with van der Waals surface area (Å²) in [6, 6.07) is 5.09. The second kappa shape index (κ2) is 5.72. The summed E-state index contributed by atoms with van der Waals surface area (Å²) in [5.41, 5.74) is 12.1. The molecule has 0 atom stereocenters. The lowest BCUT2D eigenvalue weighted by molar-refractivity contribution is 0.0953. The van der Waals surface area contributed by atoms with Crippen LogP contribution in [0, 0.1) is 0 Å². The normalized spacial score (nSPS) is 10.0. The van der Waals surface area contributed by atoms with Crippen molar-refractivity contribution in [3.8, 4) is 0 Å². The third-order valence-electron chi connectivity index (χ3n) is 1.93. The molecule has 0 radical (unpaired) electrons. The predicted molar refractivity (Wildman–Crippen MR) is 64.6 cm³/mol. The number of halogens is 1. The van der Waals surface area contributed by atoms with Crippen molar-refractivity contribution in [2.45, 2.75) is 6.42 Å². The van der Waals surface area contributed by atoms with Crippen LogP contribution in [0.1, 0.15) is 16.8 Å². The number of amides is 1. The van der Waals surface area contributed by atoms with Crippen LogP contribution in [0.5, 0.6) is 0 Å². The van der Waals surface area contributed by atoms with E-state index in [1.54, 1.807) is 18.2 Å². The van der Waals surface area contributed by atoms with E-state index in [9.17, 15) is 4.79 Å². The summed E-state index contributed by atoms with van der Waals surface area (Å²) in [7, 11) is 0. The minimum absolute atomic E-state index is 0.107. The van der Waals surface area contributed by atoms with Crippen LogP contribution in [0.25, 0.3) is 0 Å². The number of benzene rings is 1. The number of anilines is 1. The average Bonchev–Trinajstić information content (AvgIpc) is 2.22. The molecule has 1 aromatic rings. The molecular formula is C10H14BrN3O. The number of carbonyl (C=O) groups is 1. The van der Waals surface area contributed by atoms with Crippen molar-refractivity contribution in [3.63, 3.8) is 0 Å². The molecule has 0 aliphatic rings. The second-order valence-corrected chi connectivity index (χ2v) is 3.99. The van der Waals surface area contributed by atoms with Crippen molar-refractivity contribution in [1.82, 2.24) is 5.32 Å². The van der Waals surface area contributed by atoms with Crippen LogP contribution in [0.4, 0.5) is 5.69 Å². The molecule has 0 spiro atoms. The lowest BCUT2D eigenvalue weighted by Gasteiger charge is -2.05. The van der Waals surface area contributed by atoms with Gasteiger partial charge >= 0.3 is 0 Å². The van der Waals surface area contributed by atoms with E-state index in [1.165, 1.54) is 0 Å². The van der Waals surface area contributed by atoms with Gasteiger partial charge in [-0.3, -0.25) is 4.79 Å². The van der Waals surface area contributed by atoms with Crippen molar-refractivity contribution < 1.29 is 4.79 Å². The molecule has 0 bridgehead atoms. The molecular weight excluding hydrogens is 258 g/mol. The van der Waals surface area contributed by atoms with Gasteiger partial charge in [0.2, 0.25) is 0 Å². The summed E-state index contributed by atoms with van der Waals surface area (Å²) in [4.78, 5) is 11.6. The van der Waals surface area contributed by atoms with Gasteiger partial charge in [-0.15, -0.1) is 0 Å². The third kappa shape index (κ3) is 3.53. The van der Waals surface area contributed by atoms with Gasteiger partial charge in [-0.1, -0.05) is 0 Å². The van der Waals surface area contributed by atoms with Gasteiger partial charge in [0.15, 0.2) is 0 Å². The molecule has 4 nitrogen and oxygen atoms in total. The molecule has 0 unspecified atom stereocenters. The highest BCUT2D eigenvalue weighted by Gasteiger charge is 2.06. The number of carbonyl (C=O) groups excluding carboxylic acids is 1. The van der Waals surface area contributed by atoms with Crippen LogP contribution in [0.2, 0.25) is 0 Å². The number of rotatable bonds is 4. The molecule has 0 saturated carbocycles. The molecule has 0 aliphatic carbocycles. The van der Waals surface area contributed by atoms with Gasteiger partial charge in [-0.25, -0.2) is 0 Å². The Morgan fingerprint density at radius 3 is 2.80 bits per heavy atom. The molecule has 82 valence electrons. The highest BCUT2D eigenvalue weighted by atomic mass is 79.9. The van der Waals surface area contributed by atoms with Crippen LogP contribution in [-0.4, -0.2) is 19.0 Å². The van der Waals surface area contributed by atoms with Gasteiger partial charge in [0.05, 0.1) is 0 Å². The van der Waals surface area contributed by atoms with Crippen LogP contribution >= 0.6 is 15.9 Å². The standard InChI is InChI=1S/C10H14BrN3O/c11-8-6-7(2-3-9(8)13)10(15)14-5-1-4-12/h2-3,6H,1,4-5,12-13H2,(H,14,15). The minimum atomic E-state index is -0.107. The number of hydrogen-bond acceptors (Lipinski definition) is 3. The van der Waals surface area contributed by atoms with Crippen LogP contribution < -0.4 is 16.8 Å². The summed E-state index contributed by atoms with van der Waals surface area (Å²) < 4.78 is 0.731. The maximum Gasteiger partial charge on any atom is 0.251 e. The number of nitrogens with one attached hydrogen (secondary N) is 1. The van der Waals surface area contributed by atoms with Gasteiger partial charge in [0.1, 0.15) is 0 Å². The molecule has 1 amide bonds. The van der Waals surface area contributed by atoms with Crippen molar-refractivity contribution in [2.75, 3.05) is 18.8 Å². The quantitative estimate of drug-likeness (QED) is 0.567. The average molecular weight is 272 g/mol. The number of nitrogen functional groups attached to an aromatic ring is 1. The lowest BCUT2D eigenvalue weighted by atomic mass is 10.2. The van der Waals surface area contributed by atoms with E-state index < -0.39 is 0 Å². The molecule has 0 heterocycles. The molecule has 0 aromatic heterocycles. The summed E-state index contributed by atoms with van der Waals surface area (Å²) in [6.45, 7) is 1.17. The topological polar surface area (TPSA) is 81.1 Å². The molecule has 1 aromatic carbocycles.